The number of likely N-dealkylation sites (N-methyl/N-ethyl adjacent to an activating group) is 1. The molecule has 6 heteroatoms. The first-order chi connectivity index (χ1) is 8.90. The molecule has 1 heterocycles. The number of anilines is 1. The molecule has 0 aliphatic heterocycles. The molecule has 1 aromatic heterocycles. The van der Waals surface area contributed by atoms with E-state index in [4.69, 9.17) is 17.3 Å². The Bertz CT molecular complexity index is 594. The lowest BCUT2D eigenvalue weighted by Gasteiger charge is -2.21. The maximum atomic E-state index is 13.4. The van der Waals surface area contributed by atoms with Gasteiger partial charge in [0.2, 0.25) is 5.95 Å². The largest absolute Gasteiger partial charge is 0.369 e. The van der Waals surface area contributed by atoms with Crippen LogP contribution < -0.4 is 5.73 Å². The Hall–Kier alpha value is -1.33. The lowest BCUT2D eigenvalue weighted by atomic mass is 10.3. The summed E-state index contributed by atoms with van der Waals surface area (Å²) in [6.07, 6.45) is 0. The number of fused-ring (bicyclic) bond motifs is 1. The summed E-state index contributed by atoms with van der Waals surface area (Å²) in [6, 6.07) is 3.35. The van der Waals surface area contributed by atoms with Crippen LogP contribution in [0.2, 0.25) is 5.02 Å². The fourth-order valence-corrected chi connectivity index (χ4v) is 2.05. The van der Waals surface area contributed by atoms with Crippen molar-refractivity contribution in [1.82, 2.24) is 14.5 Å². The summed E-state index contributed by atoms with van der Waals surface area (Å²) in [5, 5.41) is 0.0888. The smallest absolute Gasteiger partial charge is 0.201 e. The highest BCUT2D eigenvalue weighted by Gasteiger charge is 2.12. The van der Waals surface area contributed by atoms with Gasteiger partial charge < -0.3 is 15.2 Å². The minimum Gasteiger partial charge on any atom is -0.369 e. The topological polar surface area (TPSA) is 47.1 Å². The second-order valence-electron chi connectivity index (χ2n) is 4.95. The van der Waals surface area contributed by atoms with Crippen molar-refractivity contribution < 1.29 is 4.39 Å². The number of aromatic nitrogens is 2. The highest BCUT2D eigenvalue weighted by molar-refractivity contribution is 6.31. The third-order valence-electron chi connectivity index (χ3n) is 3.38. The average Bonchev–Trinajstić information content (AvgIpc) is 2.62. The van der Waals surface area contributed by atoms with E-state index in [0.29, 0.717) is 24.1 Å². The van der Waals surface area contributed by atoms with Gasteiger partial charge in [-0.3, -0.25) is 0 Å². The minimum absolute atomic E-state index is 0.0888. The zero-order valence-electron chi connectivity index (χ0n) is 11.3. The molecule has 0 saturated heterocycles. The number of hydrogen-bond donors (Lipinski definition) is 1. The quantitative estimate of drug-likeness (QED) is 0.939. The van der Waals surface area contributed by atoms with Gasteiger partial charge in [0.25, 0.3) is 0 Å². The van der Waals surface area contributed by atoms with Crippen molar-refractivity contribution >= 4 is 28.6 Å². The summed E-state index contributed by atoms with van der Waals surface area (Å²) in [4.78, 5) is 6.37. The van der Waals surface area contributed by atoms with Crippen LogP contribution in [0.25, 0.3) is 11.0 Å². The Labute approximate surface area is 117 Å². The van der Waals surface area contributed by atoms with Crippen molar-refractivity contribution in [2.24, 2.45) is 0 Å². The molecule has 0 spiro atoms. The highest BCUT2D eigenvalue weighted by atomic mass is 35.5. The van der Waals surface area contributed by atoms with Gasteiger partial charge in [-0.2, -0.15) is 0 Å². The van der Waals surface area contributed by atoms with E-state index in [9.17, 15) is 4.39 Å². The van der Waals surface area contributed by atoms with Crippen LogP contribution in [0.15, 0.2) is 12.1 Å². The van der Waals surface area contributed by atoms with Crippen molar-refractivity contribution in [2.75, 3.05) is 19.3 Å². The molecule has 0 unspecified atom stereocenters. The summed E-state index contributed by atoms with van der Waals surface area (Å²) < 4.78 is 15.2. The maximum Gasteiger partial charge on any atom is 0.201 e. The van der Waals surface area contributed by atoms with Gasteiger partial charge >= 0.3 is 0 Å². The normalized spacial score (nSPS) is 11.9. The number of imidazole rings is 1. The molecule has 2 N–H and O–H groups in total. The van der Waals surface area contributed by atoms with Crippen LogP contribution in [-0.4, -0.2) is 34.1 Å². The molecule has 4 nitrogen and oxygen atoms in total. The van der Waals surface area contributed by atoms with E-state index >= 15 is 0 Å². The molecule has 0 aliphatic rings. The van der Waals surface area contributed by atoms with Gasteiger partial charge in [-0.1, -0.05) is 11.6 Å². The van der Waals surface area contributed by atoms with Crippen LogP contribution in [0.5, 0.6) is 0 Å². The molecule has 0 fully saturated rings. The molecule has 0 radical (unpaired) electrons. The second-order valence-corrected chi connectivity index (χ2v) is 5.36. The van der Waals surface area contributed by atoms with Crippen molar-refractivity contribution in [2.45, 2.75) is 26.4 Å². The molecule has 0 atom stereocenters. The van der Waals surface area contributed by atoms with E-state index < -0.39 is 5.82 Å². The second kappa shape index (κ2) is 5.35. The summed E-state index contributed by atoms with van der Waals surface area (Å²) in [7, 11) is 2.05. The Morgan fingerprint density at radius 3 is 2.79 bits per heavy atom. The molecule has 0 amide bonds. The molecular weight excluding hydrogens is 267 g/mol. The van der Waals surface area contributed by atoms with E-state index in [2.05, 4.69) is 23.7 Å². The van der Waals surface area contributed by atoms with Gasteiger partial charge in [-0.25, -0.2) is 9.37 Å². The fourth-order valence-electron chi connectivity index (χ4n) is 1.89. The van der Waals surface area contributed by atoms with Crippen molar-refractivity contribution in [1.29, 1.82) is 0 Å². The number of benzene rings is 1. The van der Waals surface area contributed by atoms with Gasteiger partial charge in [0.1, 0.15) is 5.82 Å². The summed E-state index contributed by atoms with van der Waals surface area (Å²) in [5.74, 6) is -0.0908. The molecule has 104 valence electrons. The number of rotatable bonds is 4. The molecule has 0 bridgehead atoms. The number of hydrogen-bond acceptors (Lipinski definition) is 3. The van der Waals surface area contributed by atoms with Crippen LogP contribution in [0.1, 0.15) is 13.8 Å². The van der Waals surface area contributed by atoms with Crippen LogP contribution in [-0.2, 0) is 6.54 Å². The zero-order valence-corrected chi connectivity index (χ0v) is 12.1. The first kappa shape index (κ1) is 14.1. The number of nitrogens with two attached hydrogens (primary N) is 1. The molecular formula is C13H18ClFN4. The van der Waals surface area contributed by atoms with Crippen LogP contribution in [0, 0.1) is 5.82 Å². The third-order valence-corrected chi connectivity index (χ3v) is 3.67. The van der Waals surface area contributed by atoms with Gasteiger partial charge in [-0.15, -0.1) is 0 Å². The molecule has 2 aromatic rings. The fraction of sp³-hybridized carbons (Fsp3) is 0.462. The molecule has 0 saturated carbocycles. The zero-order chi connectivity index (χ0) is 14.2. The van der Waals surface area contributed by atoms with Gasteiger partial charge in [-0.05, 0) is 27.0 Å². The summed E-state index contributed by atoms with van der Waals surface area (Å²) >= 11 is 5.81. The maximum absolute atomic E-state index is 13.4. The van der Waals surface area contributed by atoms with E-state index in [0.717, 1.165) is 12.1 Å². The van der Waals surface area contributed by atoms with Crippen molar-refractivity contribution in [3.63, 3.8) is 0 Å². The first-order valence-electron chi connectivity index (χ1n) is 6.21. The number of nitrogen functional groups attached to an aromatic ring is 1. The van der Waals surface area contributed by atoms with Crippen molar-refractivity contribution in [3.05, 3.63) is 23.0 Å². The summed E-state index contributed by atoms with van der Waals surface area (Å²) in [6.45, 7) is 5.78. The van der Waals surface area contributed by atoms with E-state index in [-0.39, 0.29) is 5.02 Å². The SMILES string of the molecule is CC(C)N(C)CCn1c(N)nc2cc(F)c(Cl)cc21. The average molecular weight is 285 g/mol. The standard InChI is InChI=1S/C13H18ClFN4/c1-8(2)18(3)4-5-19-12-6-9(14)10(15)7-11(12)17-13(19)16/h6-8H,4-5H2,1-3H3,(H2,16,17). The van der Waals surface area contributed by atoms with Crippen LogP contribution in [0.4, 0.5) is 10.3 Å². The van der Waals surface area contributed by atoms with Crippen molar-refractivity contribution in [3.8, 4) is 0 Å². The first-order valence-corrected chi connectivity index (χ1v) is 6.59. The predicted molar refractivity (Wildman–Crippen MR) is 76.9 cm³/mol. The number of nitrogens with zero attached hydrogens (tertiary/aromatic N) is 3. The highest BCUT2D eigenvalue weighted by Crippen LogP contribution is 2.24. The summed E-state index contributed by atoms with van der Waals surface area (Å²) in [5.41, 5.74) is 7.18. The van der Waals surface area contributed by atoms with E-state index in [1.165, 1.54) is 6.07 Å². The molecule has 19 heavy (non-hydrogen) atoms. The van der Waals surface area contributed by atoms with E-state index in [1.54, 1.807) is 6.07 Å². The number of halogens is 2. The monoisotopic (exact) mass is 284 g/mol. The Kier molecular flexibility index (Phi) is 3.96. The molecule has 1 aromatic carbocycles. The predicted octanol–water partition coefficient (Wildman–Crippen LogP) is 2.75. The van der Waals surface area contributed by atoms with Gasteiger partial charge in [0, 0.05) is 25.2 Å². The Balaban J connectivity index is 2.32. The van der Waals surface area contributed by atoms with Crippen LogP contribution in [0.3, 0.4) is 0 Å². The van der Waals surface area contributed by atoms with Gasteiger partial charge in [0.15, 0.2) is 0 Å². The van der Waals surface area contributed by atoms with E-state index in [1.807, 2.05) is 11.6 Å². The molecule has 2 rings (SSSR count). The lowest BCUT2D eigenvalue weighted by molar-refractivity contribution is 0.264. The minimum atomic E-state index is -0.474. The third kappa shape index (κ3) is 2.82. The Morgan fingerprint density at radius 1 is 1.47 bits per heavy atom. The van der Waals surface area contributed by atoms with Gasteiger partial charge in [0.05, 0.1) is 16.1 Å². The van der Waals surface area contributed by atoms with Crippen LogP contribution >= 0.6 is 11.6 Å². The molecule has 0 aliphatic carbocycles. The Morgan fingerprint density at radius 2 is 2.16 bits per heavy atom. The lowest BCUT2D eigenvalue weighted by Crippen LogP contribution is -2.29.